The van der Waals surface area contributed by atoms with Gasteiger partial charge in [0, 0.05) is 19.1 Å². The standard InChI is InChI=1S/C9H15N3O4/c1-6(4-8(14)15)11-9(16)12-3-2-10-7(13)5-12/h6H,2-5H2,1H3,(H,10,13)(H,11,16)(H,14,15). The molecule has 1 aliphatic rings. The third-order valence-electron chi connectivity index (χ3n) is 2.18. The molecule has 0 aromatic carbocycles. The first-order valence-electron chi connectivity index (χ1n) is 5.03. The molecule has 1 atom stereocenters. The highest BCUT2D eigenvalue weighted by Gasteiger charge is 2.22. The smallest absolute Gasteiger partial charge is 0.318 e. The number of hydrogen-bond donors (Lipinski definition) is 3. The van der Waals surface area contributed by atoms with Crippen LogP contribution in [0.2, 0.25) is 0 Å². The normalized spacial score (nSPS) is 17.6. The molecule has 16 heavy (non-hydrogen) atoms. The third-order valence-corrected chi connectivity index (χ3v) is 2.18. The van der Waals surface area contributed by atoms with Crippen molar-refractivity contribution in [2.75, 3.05) is 19.6 Å². The molecule has 0 radical (unpaired) electrons. The van der Waals surface area contributed by atoms with Gasteiger partial charge in [0.1, 0.15) is 6.54 Å². The Kier molecular flexibility index (Phi) is 4.10. The quantitative estimate of drug-likeness (QED) is 0.577. The molecule has 3 N–H and O–H groups in total. The van der Waals surface area contributed by atoms with Crippen LogP contribution in [0.4, 0.5) is 4.79 Å². The molecule has 1 unspecified atom stereocenters. The second kappa shape index (κ2) is 5.34. The Bertz CT molecular complexity index is 305. The van der Waals surface area contributed by atoms with Gasteiger partial charge in [-0.3, -0.25) is 9.59 Å². The summed E-state index contributed by atoms with van der Waals surface area (Å²) in [6.07, 6.45) is -0.133. The zero-order chi connectivity index (χ0) is 12.1. The molecule has 90 valence electrons. The fourth-order valence-electron chi connectivity index (χ4n) is 1.43. The van der Waals surface area contributed by atoms with E-state index >= 15 is 0 Å². The van der Waals surface area contributed by atoms with E-state index in [4.69, 9.17) is 5.11 Å². The van der Waals surface area contributed by atoms with Crippen molar-refractivity contribution in [3.8, 4) is 0 Å². The Morgan fingerprint density at radius 3 is 2.88 bits per heavy atom. The summed E-state index contributed by atoms with van der Waals surface area (Å²) in [6, 6.07) is -0.849. The average molecular weight is 229 g/mol. The lowest BCUT2D eigenvalue weighted by molar-refractivity contribution is -0.137. The monoisotopic (exact) mass is 229 g/mol. The minimum atomic E-state index is -0.968. The molecule has 7 heteroatoms. The van der Waals surface area contributed by atoms with Crippen LogP contribution in [0.25, 0.3) is 0 Å². The van der Waals surface area contributed by atoms with Gasteiger partial charge in [0.05, 0.1) is 6.42 Å². The highest BCUT2D eigenvalue weighted by Crippen LogP contribution is 1.97. The minimum Gasteiger partial charge on any atom is -0.481 e. The highest BCUT2D eigenvalue weighted by atomic mass is 16.4. The molecule has 1 saturated heterocycles. The second-order valence-electron chi connectivity index (χ2n) is 3.72. The van der Waals surface area contributed by atoms with Crippen LogP contribution in [0.1, 0.15) is 13.3 Å². The summed E-state index contributed by atoms with van der Waals surface area (Å²) in [5.41, 5.74) is 0. The number of carbonyl (C=O) groups excluding carboxylic acids is 2. The van der Waals surface area contributed by atoms with Crippen LogP contribution in [0.3, 0.4) is 0 Å². The highest BCUT2D eigenvalue weighted by molar-refractivity contribution is 5.85. The molecule has 0 aromatic heterocycles. The van der Waals surface area contributed by atoms with E-state index < -0.39 is 18.0 Å². The van der Waals surface area contributed by atoms with Gasteiger partial charge in [-0.2, -0.15) is 0 Å². The number of nitrogens with one attached hydrogen (secondary N) is 2. The van der Waals surface area contributed by atoms with Gasteiger partial charge < -0.3 is 20.6 Å². The van der Waals surface area contributed by atoms with Gasteiger partial charge in [-0.1, -0.05) is 0 Å². The van der Waals surface area contributed by atoms with Gasteiger partial charge in [-0.05, 0) is 6.92 Å². The van der Waals surface area contributed by atoms with Crippen LogP contribution in [-0.4, -0.2) is 53.6 Å². The van der Waals surface area contributed by atoms with Crippen LogP contribution >= 0.6 is 0 Å². The topological polar surface area (TPSA) is 98.7 Å². The van der Waals surface area contributed by atoms with Gasteiger partial charge in [-0.25, -0.2) is 4.79 Å². The lowest BCUT2D eigenvalue weighted by Gasteiger charge is -2.27. The Morgan fingerprint density at radius 2 is 2.31 bits per heavy atom. The molecule has 3 amide bonds. The lowest BCUT2D eigenvalue weighted by Crippen LogP contribution is -2.54. The molecule has 0 spiro atoms. The summed E-state index contributed by atoms with van der Waals surface area (Å²) in [6.45, 7) is 2.50. The number of carbonyl (C=O) groups is 3. The molecule has 7 nitrogen and oxygen atoms in total. The van der Waals surface area contributed by atoms with E-state index in [-0.39, 0.29) is 18.9 Å². The number of piperazine rings is 1. The predicted molar refractivity (Wildman–Crippen MR) is 54.8 cm³/mol. The van der Waals surface area contributed by atoms with Crippen LogP contribution in [0.15, 0.2) is 0 Å². The van der Waals surface area contributed by atoms with E-state index in [0.29, 0.717) is 13.1 Å². The average Bonchev–Trinajstić information content (AvgIpc) is 2.16. The van der Waals surface area contributed by atoms with E-state index in [1.54, 1.807) is 6.92 Å². The fourth-order valence-corrected chi connectivity index (χ4v) is 1.43. The van der Waals surface area contributed by atoms with Gasteiger partial charge >= 0.3 is 12.0 Å². The van der Waals surface area contributed by atoms with Crippen LogP contribution in [-0.2, 0) is 9.59 Å². The van der Waals surface area contributed by atoms with Gasteiger partial charge in [0.15, 0.2) is 0 Å². The van der Waals surface area contributed by atoms with Crippen molar-refractivity contribution < 1.29 is 19.5 Å². The van der Waals surface area contributed by atoms with E-state index in [1.807, 2.05) is 0 Å². The minimum absolute atomic E-state index is 0.0195. The maximum absolute atomic E-state index is 11.6. The van der Waals surface area contributed by atoms with Crippen molar-refractivity contribution in [3.63, 3.8) is 0 Å². The Hall–Kier alpha value is -1.79. The van der Waals surface area contributed by atoms with Gasteiger partial charge in [-0.15, -0.1) is 0 Å². The lowest BCUT2D eigenvalue weighted by atomic mass is 10.2. The van der Waals surface area contributed by atoms with Crippen molar-refractivity contribution in [1.82, 2.24) is 15.5 Å². The molecule has 0 saturated carbocycles. The van der Waals surface area contributed by atoms with Crippen LogP contribution < -0.4 is 10.6 Å². The molecule has 0 aromatic rings. The Balaban J connectivity index is 2.39. The maximum Gasteiger partial charge on any atom is 0.318 e. The third kappa shape index (κ3) is 3.76. The maximum atomic E-state index is 11.6. The SMILES string of the molecule is CC(CC(=O)O)NC(=O)N1CCNC(=O)C1. The number of urea groups is 1. The van der Waals surface area contributed by atoms with Crippen molar-refractivity contribution >= 4 is 17.9 Å². The number of hydrogen-bond acceptors (Lipinski definition) is 3. The first-order chi connectivity index (χ1) is 7.49. The molecule has 1 fully saturated rings. The second-order valence-corrected chi connectivity index (χ2v) is 3.72. The molecule has 1 heterocycles. The number of amides is 3. The number of nitrogens with zero attached hydrogens (tertiary/aromatic N) is 1. The summed E-state index contributed by atoms with van der Waals surface area (Å²) in [5, 5.41) is 13.6. The Labute approximate surface area is 92.8 Å². The van der Waals surface area contributed by atoms with E-state index in [1.165, 1.54) is 4.90 Å². The van der Waals surface area contributed by atoms with Crippen molar-refractivity contribution in [2.24, 2.45) is 0 Å². The van der Waals surface area contributed by atoms with Crippen molar-refractivity contribution in [3.05, 3.63) is 0 Å². The summed E-state index contributed by atoms with van der Waals surface area (Å²) in [7, 11) is 0. The van der Waals surface area contributed by atoms with Crippen molar-refractivity contribution in [1.29, 1.82) is 0 Å². The summed E-state index contributed by atoms with van der Waals surface area (Å²) in [5.74, 6) is -1.17. The largest absolute Gasteiger partial charge is 0.481 e. The number of rotatable bonds is 3. The summed E-state index contributed by atoms with van der Waals surface area (Å²) >= 11 is 0. The predicted octanol–water partition coefficient (Wildman–Crippen LogP) is -1.01. The summed E-state index contributed by atoms with van der Waals surface area (Å²) in [4.78, 5) is 34.3. The first-order valence-corrected chi connectivity index (χ1v) is 5.03. The van der Waals surface area contributed by atoms with E-state index in [0.717, 1.165) is 0 Å². The van der Waals surface area contributed by atoms with Crippen LogP contribution in [0.5, 0.6) is 0 Å². The zero-order valence-corrected chi connectivity index (χ0v) is 9.02. The Morgan fingerprint density at radius 1 is 1.62 bits per heavy atom. The molecule has 0 aliphatic carbocycles. The van der Waals surface area contributed by atoms with Crippen molar-refractivity contribution in [2.45, 2.75) is 19.4 Å². The molecular weight excluding hydrogens is 214 g/mol. The first kappa shape index (κ1) is 12.3. The fraction of sp³-hybridized carbons (Fsp3) is 0.667. The molecular formula is C9H15N3O4. The number of aliphatic carboxylic acids is 1. The van der Waals surface area contributed by atoms with E-state index in [2.05, 4.69) is 10.6 Å². The molecule has 1 rings (SSSR count). The van der Waals surface area contributed by atoms with E-state index in [9.17, 15) is 14.4 Å². The van der Waals surface area contributed by atoms with Gasteiger partial charge in [0.25, 0.3) is 0 Å². The molecule has 0 bridgehead atoms. The van der Waals surface area contributed by atoms with Gasteiger partial charge in [0.2, 0.25) is 5.91 Å². The number of carboxylic acids is 1. The summed E-state index contributed by atoms with van der Waals surface area (Å²) < 4.78 is 0. The van der Waals surface area contributed by atoms with Crippen LogP contribution in [0, 0.1) is 0 Å². The zero-order valence-electron chi connectivity index (χ0n) is 9.02. The number of carboxylic acid groups (broad SMARTS) is 1. The molecule has 1 aliphatic heterocycles.